The van der Waals surface area contributed by atoms with Crippen LogP contribution in [0.4, 0.5) is 5.82 Å². The van der Waals surface area contributed by atoms with Crippen molar-refractivity contribution in [3.05, 3.63) is 17.8 Å². The van der Waals surface area contributed by atoms with Gasteiger partial charge in [-0.3, -0.25) is 4.68 Å². The van der Waals surface area contributed by atoms with Crippen LogP contribution in [0.25, 0.3) is 5.76 Å². The van der Waals surface area contributed by atoms with Crippen LogP contribution in [0.5, 0.6) is 0 Å². The fraction of sp³-hybridized carbons (Fsp3) is 0.286. The predicted octanol–water partition coefficient (Wildman–Crippen LogP) is 0.839. The molecule has 1 aromatic heterocycles. The van der Waals surface area contributed by atoms with Crippen molar-refractivity contribution in [1.29, 1.82) is 0 Å². The molecule has 60 valence electrons. The van der Waals surface area contributed by atoms with E-state index in [1.54, 1.807) is 14.0 Å². The topological polar surface area (TPSA) is 64.1 Å². The molecule has 0 aromatic carbocycles. The number of nitrogens with zero attached hydrogens (tertiary/aromatic N) is 2. The summed E-state index contributed by atoms with van der Waals surface area (Å²) in [6, 6.07) is 0. The molecular weight excluding hydrogens is 142 g/mol. The monoisotopic (exact) mass is 153 g/mol. The summed E-state index contributed by atoms with van der Waals surface area (Å²) in [6.07, 6.45) is 0. The van der Waals surface area contributed by atoms with Crippen LogP contribution in [0, 0.1) is 6.92 Å². The van der Waals surface area contributed by atoms with E-state index >= 15 is 0 Å². The number of aliphatic hydroxyl groups excluding tert-OH is 1. The number of hydrogen-bond donors (Lipinski definition) is 2. The minimum atomic E-state index is -0.0342. The normalized spacial score (nSPS) is 10.0. The molecule has 1 heterocycles. The van der Waals surface area contributed by atoms with Crippen LogP contribution >= 0.6 is 0 Å². The van der Waals surface area contributed by atoms with Crippen LogP contribution in [0.2, 0.25) is 0 Å². The first kappa shape index (κ1) is 7.65. The molecule has 0 atom stereocenters. The van der Waals surface area contributed by atoms with Crippen LogP contribution < -0.4 is 5.73 Å². The molecule has 11 heavy (non-hydrogen) atoms. The zero-order chi connectivity index (χ0) is 8.59. The Morgan fingerprint density at radius 3 is 2.45 bits per heavy atom. The van der Waals surface area contributed by atoms with Crippen LogP contribution in [-0.4, -0.2) is 14.9 Å². The molecule has 1 aromatic rings. The number of hydrogen-bond acceptors (Lipinski definition) is 3. The first-order chi connectivity index (χ1) is 5.04. The Kier molecular flexibility index (Phi) is 1.60. The molecule has 3 N–H and O–H groups in total. The molecule has 0 bridgehead atoms. The molecule has 0 saturated carbocycles. The van der Waals surface area contributed by atoms with Crippen molar-refractivity contribution < 1.29 is 5.11 Å². The van der Waals surface area contributed by atoms with Gasteiger partial charge in [0, 0.05) is 7.05 Å². The fourth-order valence-electron chi connectivity index (χ4n) is 1.03. The van der Waals surface area contributed by atoms with E-state index in [2.05, 4.69) is 11.7 Å². The molecule has 1 rings (SSSR count). The maximum absolute atomic E-state index is 9.07. The third-order valence-electron chi connectivity index (χ3n) is 1.56. The minimum absolute atomic E-state index is 0.0342. The van der Waals surface area contributed by atoms with Crippen molar-refractivity contribution in [2.75, 3.05) is 5.73 Å². The lowest BCUT2D eigenvalue weighted by atomic mass is 10.2. The number of anilines is 1. The lowest BCUT2D eigenvalue weighted by Gasteiger charge is -1.97. The highest BCUT2D eigenvalue weighted by molar-refractivity contribution is 5.68. The van der Waals surface area contributed by atoms with Crippen molar-refractivity contribution in [2.45, 2.75) is 6.92 Å². The van der Waals surface area contributed by atoms with Gasteiger partial charge in [-0.1, -0.05) is 6.58 Å². The average Bonchev–Trinajstić information content (AvgIpc) is 2.07. The van der Waals surface area contributed by atoms with Gasteiger partial charge in [0.2, 0.25) is 0 Å². The number of aromatic nitrogens is 2. The zero-order valence-electron chi connectivity index (χ0n) is 6.63. The number of nitrogen functional groups attached to an aromatic ring is 1. The second kappa shape index (κ2) is 2.30. The lowest BCUT2D eigenvalue weighted by Crippen LogP contribution is -1.98. The van der Waals surface area contributed by atoms with Gasteiger partial charge < -0.3 is 10.8 Å². The molecule has 0 radical (unpaired) electrons. The molecule has 4 nitrogen and oxygen atoms in total. The Morgan fingerprint density at radius 2 is 2.27 bits per heavy atom. The van der Waals surface area contributed by atoms with Crippen molar-refractivity contribution >= 4 is 11.6 Å². The number of aliphatic hydroxyl groups is 1. The van der Waals surface area contributed by atoms with E-state index in [4.69, 9.17) is 10.8 Å². The van der Waals surface area contributed by atoms with Gasteiger partial charge in [0.15, 0.2) is 0 Å². The number of aryl methyl sites for hydroxylation is 2. The van der Waals surface area contributed by atoms with Gasteiger partial charge in [0.25, 0.3) is 0 Å². The third kappa shape index (κ3) is 1.07. The SMILES string of the molecule is C=C(O)c1c(C)nn(C)c1N. The maximum atomic E-state index is 9.07. The number of nitrogens with two attached hydrogens (primary N) is 1. The Morgan fingerprint density at radius 1 is 1.73 bits per heavy atom. The van der Waals surface area contributed by atoms with Crippen LogP contribution in [-0.2, 0) is 7.05 Å². The van der Waals surface area contributed by atoms with Gasteiger partial charge in [0.1, 0.15) is 11.6 Å². The smallest absolute Gasteiger partial charge is 0.132 e. The third-order valence-corrected chi connectivity index (χ3v) is 1.56. The van der Waals surface area contributed by atoms with Crippen molar-refractivity contribution in [3.8, 4) is 0 Å². The Hall–Kier alpha value is -1.45. The van der Waals surface area contributed by atoms with E-state index in [1.165, 1.54) is 4.68 Å². The van der Waals surface area contributed by atoms with Gasteiger partial charge in [-0.25, -0.2) is 0 Å². The summed E-state index contributed by atoms with van der Waals surface area (Å²) in [7, 11) is 1.72. The van der Waals surface area contributed by atoms with Crippen LogP contribution in [0.3, 0.4) is 0 Å². The van der Waals surface area contributed by atoms with E-state index in [1.807, 2.05) is 0 Å². The van der Waals surface area contributed by atoms with Crippen molar-refractivity contribution in [1.82, 2.24) is 9.78 Å². The standard InChI is InChI=1S/C7H11N3O/c1-4-6(5(2)11)7(8)10(3)9-4/h11H,2,8H2,1,3H3. The largest absolute Gasteiger partial charge is 0.508 e. The fourth-order valence-corrected chi connectivity index (χ4v) is 1.03. The lowest BCUT2D eigenvalue weighted by molar-refractivity contribution is 0.513. The summed E-state index contributed by atoms with van der Waals surface area (Å²) < 4.78 is 1.51. The van der Waals surface area contributed by atoms with Gasteiger partial charge in [0.05, 0.1) is 11.3 Å². The highest BCUT2D eigenvalue weighted by atomic mass is 16.3. The van der Waals surface area contributed by atoms with Crippen molar-refractivity contribution in [3.63, 3.8) is 0 Å². The average molecular weight is 153 g/mol. The van der Waals surface area contributed by atoms with E-state index in [0.29, 0.717) is 17.1 Å². The predicted molar refractivity (Wildman–Crippen MR) is 44.0 cm³/mol. The summed E-state index contributed by atoms with van der Waals surface area (Å²) in [6.45, 7) is 5.15. The molecule has 0 aliphatic rings. The van der Waals surface area contributed by atoms with E-state index in [0.717, 1.165) is 0 Å². The Bertz CT molecular complexity index is 301. The number of rotatable bonds is 1. The highest BCUT2D eigenvalue weighted by Gasteiger charge is 2.11. The molecule has 0 unspecified atom stereocenters. The van der Waals surface area contributed by atoms with E-state index < -0.39 is 0 Å². The van der Waals surface area contributed by atoms with Gasteiger partial charge in [-0.15, -0.1) is 0 Å². The van der Waals surface area contributed by atoms with E-state index in [-0.39, 0.29) is 5.76 Å². The summed E-state index contributed by atoms with van der Waals surface area (Å²) in [5, 5.41) is 13.1. The molecule has 0 aliphatic heterocycles. The molecule has 0 saturated heterocycles. The molecular formula is C7H11N3O. The summed E-state index contributed by atoms with van der Waals surface area (Å²) in [5.74, 6) is 0.406. The quantitative estimate of drug-likeness (QED) is 0.587. The van der Waals surface area contributed by atoms with Gasteiger partial charge >= 0.3 is 0 Å². The minimum Gasteiger partial charge on any atom is -0.508 e. The van der Waals surface area contributed by atoms with E-state index in [9.17, 15) is 0 Å². The molecule has 0 spiro atoms. The second-order valence-electron chi connectivity index (χ2n) is 2.42. The van der Waals surface area contributed by atoms with Crippen LogP contribution in [0.1, 0.15) is 11.3 Å². The zero-order valence-corrected chi connectivity index (χ0v) is 6.63. The summed E-state index contributed by atoms with van der Waals surface area (Å²) in [5.41, 5.74) is 6.81. The Labute approximate surface area is 64.9 Å². The molecule has 0 aliphatic carbocycles. The van der Waals surface area contributed by atoms with Gasteiger partial charge in [-0.05, 0) is 6.92 Å². The molecule has 0 amide bonds. The Balaban J connectivity index is 3.34. The van der Waals surface area contributed by atoms with Gasteiger partial charge in [-0.2, -0.15) is 5.10 Å². The van der Waals surface area contributed by atoms with Crippen molar-refractivity contribution in [2.24, 2.45) is 7.05 Å². The molecule has 4 heteroatoms. The summed E-state index contributed by atoms with van der Waals surface area (Å²) in [4.78, 5) is 0. The first-order valence-electron chi connectivity index (χ1n) is 3.21. The van der Waals surface area contributed by atoms with Crippen LogP contribution in [0.15, 0.2) is 6.58 Å². The molecule has 0 fully saturated rings. The summed E-state index contributed by atoms with van der Waals surface area (Å²) >= 11 is 0. The highest BCUT2D eigenvalue weighted by Crippen LogP contribution is 2.20. The first-order valence-corrected chi connectivity index (χ1v) is 3.21. The second-order valence-corrected chi connectivity index (χ2v) is 2.42. The maximum Gasteiger partial charge on any atom is 0.132 e.